The number of hydrogen-bond acceptors (Lipinski definition) is 6. The molecule has 0 bridgehead atoms. The van der Waals surface area contributed by atoms with Crippen molar-refractivity contribution in [3.63, 3.8) is 0 Å². The van der Waals surface area contributed by atoms with Crippen LogP contribution in [0.15, 0.2) is 53.5 Å². The fourth-order valence-electron chi connectivity index (χ4n) is 3.84. The Bertz CT molecular complexity index is 1370. The van der Waals surface area contributed by atoms with E-state index in [1.807, 2.05) is 37.3 Å². The summed E-state index contributed by atoms with van der Waals surface area (Å²) in [6.45, 7) is 6.77. The van der Waals surface area contributed by atoms with Crippen LogP contribution in [0.5, 0.6) is 0 Å². The molecule has 152 valence electrons. The van der Waals surface area contributed by atoms with Crippen molar-refractivity contribution in [1.82, 2.24) is 14.8 Å². The highest BCUT2D eigenvalue weighted by Gasteiger charge is 2.26. The Morgan fingerprint density at radius 3 is 2.58 bits per heavy atom. The van der Waals surface area contributed by atoms with Crippen LogP contribution in [-0.4, -0.2) is 20.5 Å². The van der Waals surface area contributed by atoms with Crippen LogP contribution in [0.2, 0.25) is 0 Å². The Balaban J connectivity index is 1.54. The molecule has 0 saturated carbocycles. The Labute approximate surface area is 184 Å². The predicted octanol–water partition coefficient (Wildman–Crippen LogP) is 5.22. The van der Waals surface area contributed by atoms with Gasteiger partial charge in [-0.15, -0.1) is 21.5 Å². The van der Waals surface area contributed by atoms with E-state index >= 15 is 0 Å². The number of para-hydroxylation sites is 1. The first-order chi connectivity index (χ1) is 15.1. The number of rotatable bonds is 3. The zero-order chi connectivity index (χ0) is 21.5. The SMILES string of the molecule is Cc1sc2c(c1C)C(c1ccc(Nc3ccccc3C#N)cc1)=NCc1nnc(C)n1-2. The molecule has 1 N–H and O–H groups in total. The van der Waals surface area contributed by atoms with Gasteiger partial charge in [-0.3, -0.25) is 9.56 Å². The summed E-state index contributed by atoms with van der Waals surface area (Å²) in [6, 6.07) is 17.9. The molecular weight excluding hydrogens is 404 g/mol. The van der Waals surface area contributed by atoms with E-state index in [4.69, 9.17) is 4.99 Å². The van der Waals surface area contributed by atoms with E-state index in [1.54, 1.807) is 17.4 Å². The summed E-state index contributed by atoms with van der Waals surface area (Å²) in [5.41, 5.74) is 6.76. The lowest BCUT2D eigenvalue weighted by Crippen LogP contribution is -2.07. The Morgan fingerprint density at radius 1 is 1.03 bits per heavy atom. The predicted molar refractivity (Wildman–Crippen MR) is 124 cm³/mol. The second-order valence-electron chi connectivity index (χ2n) is 7.49. The summed E-state index contributed by atoms with van der Waals surface area (Å²) in [6.07, 6.45) is 0. The highest BCUT2D eigenvalue weighted by atomic mass is 32.1. The lowest BCUT2D eigenvalue weighted by atomic mass is 9.99. The van der Waals surface area contributed by atoms with Crippen LogP contribution in [0.1, 0.15) is 38.8 Å². The highest BCUT2D eigenvalue weighted by Crippen LogP contribution is 2.36. The standard InChI is InChI=1S/C24H20N6S/c1-14-15(2)31-24-22(14)23(26-13-21-29-28-16(3)30(21)24)17-8-10-19(11-9-17)27-20-7-5-4-6-18(20)12-25/h4-11,27H,13H2,1-3H3. The second-order valence-corrected chi connectivity index (χ2v) is 8.69. The van der Waals surface area contributed by atoms with Gasteiger partial charge in [0.05, 0.1) is 17.0 Å². The fourth-order valence-corrected chi connectivity index (χ4v) is 5.06. The van der Waals surface area contributed by atoms with E-state index < -0.39 is 0 Å². The van der Waals surface area contributed by atoms with E-state index in [2.05, 4.69) is 52.1 Å². The van der Waals surface area contributed by atoms with Crippen LogP contribution < -0.4 is 5.32 Å². The van der Waals surface area contributed by atoms with Crippen LogP contribution in [-0.2, 0) is 6.54 Å². The van der Waals surface area contributed by atoms with Gasteiger partial charge in [-0.05, 0) is 50.6 Å². The van der Waals surface area contributed by atoms with Crippen molar-refractivity contribution in [2.24, 2.45) is 4.99 Å². The van der Waals surface area contributed by atoms with E-state index in [0.717, 1.165) is 44.9 Å². The van der Waals surface area contributed by atoms with Crippen molar-refractivity contribution in [1.29, 1.82) is 5.26 Å². The smallest absolute Gasteiger partial charge is 0.160 e. The molecule has 5 rings (SSSR count). The minimum absolute atomic E-state index is 0.492. The molecule has 6 nitrogen and oxygen atoms in total. The number of nitriles is 1. The summed E-state index contributed by atoms with van der Waals surface area (Å²) in [4.78, 5) is 6.21. The maximum Gasteiger partial charge on any atom is 0.160 e. The largest absolute Gasteiger partial charge is 0.354 e. The van der Waals surface area contributed by atoms with Crippen molar-refractivity contribution in [2.75, 3.05) is 5.32 Å². The normalized spacial score (nSPS) is 12.4. The molecule has 3 heterocycles. The van der Waals surface area contributed by atoms with Crippen molar-refractivity contribution in [3.05, 3.63) is 87.3 Å². The average molecular weight is 425 g/mol. The number of benzene rings is 2. The summed E-state index contributed by atoms with van der Waals surface area (Å²) in [5, 5.41) is 22.4. The van der Waals surface area contributed by atoms with Gasteiger partial charge in [0.2, 0.25) is 0 Å². The van der Waals surface area contributed by atoms with E-state index in [0.29, 0.717) is 12.1 Å². The van der Waals surface area contributed by atoms with Gasteiger partial charge in [0, 0.05) is 21.7 Å². The first kappa shape index (κ1) is 19.2. The van der Waals surface area contributed by atoms with Crippen molar-refractivity contribution in [3.8, 4) is 11.1 Å². The number of hydrogen-bond donors (Lipinski definition) is 1. The Hall–Kier alpha value is -3.76. The lowest BCUT2D eigenvalue weighted by Gasteiger charge is -2.11. The van der Waals surface area contributed by atoms with Crippen LogP contribution in [0.3, 0.4) is 0 Å². The van der Waals surface area contributed by atoms with Gasteiger partial charge >= 0.3 is 0 Å². The number of anilines is 2. The number of nitrogens with zero attached hydrogens (tertiary/aromatic N) is 5. The maximum atomic E-state index is 9.32. The molecule has 2 aromatic heterocycles. The molecule has 0 unspecified atom stereocenters. The number of aromatic nitrogens is 3. The van der Waals surface area contributed by atoms with Gasteiger partial charge in [-0.2, -0.15) is 5.26 Å². The minimum atomic E-state index is 0.492. The summed E-state index contributed by atoms with van der Waals surface area (Å²) >= 11 is 1.76. The van der Waals surface area contributed by atoms with Crippen molar-refractivity contribution in [2.45, 2.75) is 27.3 Å². The van der Waals surface area contributed by atoms with E-state index in [9.17, 15) is 5.26 Å². The second kappa shape index (κ2) is 7.49. The summed E-state index contributed by atoms with van der Waals surface area (Å²) in [5.74, 6) is 1.74. The third kappa shape index (κ3) is 3.22. The Morgan fingerprint density at radius 2 is 1.81 bits per heavy atom. The van der Waals surface area contributed by atoms with Crippen molar-refractivity contribution < 1.29 is 0 Å². The first-order valence-corrected chi connectivity index (χ1v) is 10.8. The molecule has 2 aromatic carbocycles. The highest BCUT2D eigenvalue weighted by molar-refractivity contribution is 7.15. The number of thiophene rings is 1. The number of nitrogens with one attached hydrogen (secondary N) is 1. The molecule has 0 saturated heterocycles. The number of fused-ring (bicyclic) bond motifs is 3. The van der Waals surface area contributed by atoms with E-state index in [1.165, 1.54) is 10.4 Å². The monoisotopic (exact) mass is 424 g/mol. The molecule has 31 heavy (non-hydrogen) atoms. The van der Waals surface area contributed by atoms with Crippen LogP contribution in [0.4, 0.5) is 11.4 Å². The molecule has 0 spiro atoms. The quantitative estimate of drug-likeness (QED) is 0.489. The van der Waals surface area contributed by atoms with Crippen LogP contribution >= 0.6 is 11.3 Å². The van der Waals surface area contributed by atoms with Crippen LogP contribution in [0.25, 0.3) is 5.00 Å². The molecule has 0 radical (unpaired) electrons. The van der Waals surface area contributed by atoms with Gasteiger partial charge < -0.3 is 5.32 Å². The first-order valence-electron chi connectivity index (χ1n) is 9.99. The molecule has 0 aliphatic carbocycles. The molecular formula is C24H20N6S. The fraction of sp³-hybridized carbons (Fsp3) is 0.167. The topological polar surface area (TPSA) is 78.9 Å². The van der Waals surface area contributed by atoms with Gasteiger partial charge in [-0.1, -0.05) is 24.3 Å². The van der Waals surface area contributed by atoms with Crippen molar-refractivity contribution >= 4 is 28.4 Å². The zero-order valence-electron chi connectivity index (χ0n) is 17.5. The molecule has 1 aliphatic heterocycles. The maximum absolute atomic E-state index is 9.32. The average Bonchev–Trinajstić information content (AvgIpc) is 3.23. The number of aryl methyl sites for hydroxylation is 2. The molecule has 7 heteroatoms. The summed E-state index contributed by atoms with van der Waals surface area (Å²) < 4.78 is 2.13. The summed E-state index contributed by atoms with van der Waals surface area (Å²) in [7, 11) is 0. The van der Waals surface area contributed by atoms with E-state index in [-0.39, 0.29) is 0 Å². The third-order valence-electron chi connectivity index (χ3n) is 5.56. The molecule has 0 amide bonds. The van der Waals surface area contributed by atoms with Gasteiger partial charge in [0.15, 0.2) is 5.82 Å². The molecule has 4 aromatic rings. The third-order valence-corrected chi connectivity index (χ3v) is 6.75. The van der Waals surface area contributed by atoms with Gasteiger partial charge in [-0.25, -0.2) is 0 Å². The molecule has 1 aliphatic rings. The zero-order valence-corrected chi connectivity index (χ0v) is 18.3. The molecule has 0 atom stereocenters. The van der Waals surface area contributed by atoms with Crippen LogP contribution in [0, 0.1) is 32.1 Å². The van der Waals surface area contributed by atoms with Gasteiger partial charge in [0.1, 0.15) is 23.4 Å². The van der Waals surface area contributed by atoms with Gasteiger partial charge in [0.25, 0.3) is 0 Å². The number of aliphatic imine (C=N–C) groups is 1. The molecule has 0 fully saturated rings. The Kier molecular flexibility index (Phi) is 4.64. The lowest BCUT2D eigenvalue weighted by molar-refractivity contribution is 0.869. The minimum Gasteiger partial charge on any atom is -0.354 e.